The third-order valence-corrected chi connectivity index (χ3v) is 7.32. The zero-order chi connectivity index (χ0) is 22.4. The topological polar surface area (TPSA) is 102 Å². The summed E-state index contributed by atoms with van der Waals surface area (Å²) in [5.74, 6) is -0.365. The fourth-order valence-corrected chi connectivity index (χ4v) is 5.35. The molecule has 1 atom stereocenters. The van der Waals surface area contributed by atoms with Crippen LogP contribution in [-0.4, -0.2) is 57.1 Å². The lowest BCUT2D eigenvalue weighted by atomic mass is 9.99. The fourth-order valence-electron chi connectivity index (χ4n) is 3.57. The fraction of sp³-hybridized carbons (Fsp3) is 0.455. The van der Waals surface area contributed by atoms with E-state index in [0.29, 0.717) is 38.2 Å². The molecule has 31 heavy (non-hydrogen) atoms. The van der Waals surface area contributed by atoms with E-state index in [1.54, 1.807) is 26.2 Å². The van der Waals surface area contributed by atoms with Gasteiger partial charge in [0, 0.05) is 26.7 Å². The first-order valence-corrected chi connectivity index (χ1v) is 11.7. The monoisotopic (exact) mass is 447 g/mol. The van der Waals surface area contributed by atoms with Crippen molar-refractivity contribution in [2.75, 3.05) is 33.4 Å². The summed E-state index contributed by atoms with van der Waals surface area (Å²) in [6.07, 6.45) is 4.67. The SMILES string of the molecule is COCCNC(=O)[C@@H]1CCCN(S(=O)(=O)c2c(C)noc2/C=C/c2ccc(C)cc2)C1. The number of hydrogen-bond acceptors (Lipinski definition) is 6. The first-order chi connectivity index (χ1) is 14.8. The highest BCUT2D eigenvalue weighted by Crippen LogP contribution is 2.29. The van der Waals surface area contributed by atoms with Gasteiger partial charge in [-0.25, -0.2) is 8.42 Å². The number of nitrogens with one attached hydrogen (secondary N) is 1. The second-order valence-corrected chi connectivity index (χ2v) is 9.57. The van der Waals surface area contributed by atoms with Gasteiger partial charge in [0.05, 0.1) is 12.5 Å². The summed E-state index contributed by atoms with van der Waals surface area (Å²) in [6, 6.07) is 7.85. The Morgan fingerprint density at radius 3 is 2.74 bits per heavy atom. The van der Waals surface area contributed by atoms with Crippen LogP contribution in [0.1, 0.15) is 35.4 Å². The Morgan fingerprint density at radius 2 is 2.03 bits per heavy atom. The van der Waals surface area contributed by atoms with E-state index in [2.05, 4.69) is 10.5 Å². The molecule has 9 heteroatoms. The minimum absolute atomic E-state index is 0.0521. The lowest BCUT2D eigenvalue weighted by Crippen LogP contribution is -2.46. The number of aryl methyl sites for hydroxylation is 2. The predicted octanol–water partition coefficient (Wildman–Crippen LogP) is 2.63. The molecule has 3 rings (SSSR count). The maximum absolute atomic E-state index is 13.4. The van der Waals surface area contributed by atoms with Crippen LogP contribution in [0.3, 0.4) is 0 Å². The highest BCUT2D eigenvalue weighted by molar-refractivity contribution is 7.89. The Kier molecular flexibility index (Phi) is 7.64. The van der Waals surface area contributed by atoms with Crippen molar-refractivity contribution in [3.05, 3.63) is 46.8 Å². The van der Waals surface area contributed by atoms with E-state index >= 15 is 0 Å². The Hall–Kier alpha value is -2.49. The number of carbonyl (C=O) groups excluding carboxylic acids is 1. The minimum atomic E-state index is -3.86. The number of sulfonamides is 1. The molecule has 0 aliphatic carbocycles. The van der Waals surface area contributed by atoms with Crippen LogP contribution >= 0.6 is 0 Å². The second kappa shape index (κ2) is 10.2. The minimum Gasteiger partial charge on any atom is -0.383 e. The number of piperidine rings is 1. The van der Waals surface area contributed by atoms with E-state index in [9.17, 15) is 13.2 Å². The summed E-state index contributed by atoms with van der Waals surface area (Å²) in [5.41, 5.74) is 2.37. The maximum atomic E-state index is 13.4. The molecular formula is C22H29N3O5S. The molecule has 1 amide bonds. The zero-order valence-electron chi connectivity index (χ0n) is 18.1. The van der Waals surface area contributed by atoms with Gasteiger partial charge >= 0.3 is 0 Å². The molecule has 0 radical (unpaired) electrons. The maximum Gasteiger partial charge on any atom is 0.248 e. The van der Waals surface area contributed by atoms with Gasteiger partial charge in [-0.1, -0.05) is 41.1 Å². The van der Waals surface area contributed by atoms with Crippen molar-refractivity contribution in [1.29, 1.82) is 0 Å². The van der Waals surface area contributed by atoms with Gasteiger partial charge in [0.1, 0.15) is 5.69 Å². The second-order valence-electron chi connectivity index (χ2n) is 7.69. The summed E-state index contributed by atoms with van der Waals surface area (Å²) in [4.78, 5) is 12.5. The lowest BCUT2D eigenvalue weighted by molar-refractivity contribution is -0.126. The van der Waals surface area contributed by atoms with Gasteiger partial charge in [-0.3, -0.25) is 4.79 Å². The molecule has 1 aromatic heterocycles. The van der Waals surface area contributed by atoms with Crippen LogP contribution in [0.25, 0.3) is 12.2 Å². The van der Waals surface area contributed by atoms with Crippen LogP contribution < -0.4 is 5.32 Å². The molecule has 1 aliphatic heterocycles. The van der Waals surface area contributed by atoms with E-state index < -0.39 is 15.9 Å². The molecule has 0 unspecified atom stereocenters. The normalized spacial score (nSPS) is 17.8. The number of nitrogens with zero attached hydrogens (tertiary/aromatic N) is 2. The molecular weight excluding hydrogens is 418 g/mol. The van der Waals surface area contributed by atoms with Crippen LogP contribution in [0.2, 0.25) is 0 Å². The molecule has 168 valence electrons. The van der Waals surface area contributed by atoms with Crippen molar-refractivity contribution in [3.8, 4) is 0 Å². The van der Waals surface area contributed by atoms with E-state index in [1.165, 1.54) is 4.31 Å². The summed E-state index contributed by atoms with van der Waals surface area (Å²) in [7, 11) is -2.30. The van der Waals surface area contributed by atoms with Gasteiger partial charge in [-0.05, 0) is 38.3 Å². The molecule has 2 heterocycles. The van der Waals surface area contributed by atoms with Gasteiger partial charge in [-0.15, -0.1) is 0 Å². The van der Waals surface area contributed by atoms with Crippen molar-refractivity contribution in [2.45, 2.75) is 31.6 Å². The number of rotatable bonds is 8. The molecule has 1 N–H and O–H groups in total. The van der Waals surface area contributed by atoms with Gasteiger partial charge in [0.2, 0.25) is 15.9 Å². The van der Waals surface area contributed by atoms with Gasteiger partial charge in [-0.2, -0.15) is 4.31 Å². The first kappa shape index (κ1) is 23.2. The predicted molar refractivity (Wildman–Crippen MR) is 118 cm³/mol. The lowest BCUT2D eigenvalue weighted by Gasteiger charge is -2.31. The third kappa shape index (κ3) is 5.61. The number of amides is 1. The molecule has 2 aromatic rings. The van der Waals surface area contributed by atoms with Crippen LogP contribution in [0.5, 0.6) is 0 Å². The summed E-state index contributed by atoms with van der Waals surface area (Å²) < 4.78 is 38.5. The van der Waals surface area contributed by atoms with E-state index in [-0.39, 0.29) is 23.1 Å². The molecule has 1 saturated heterocycles. The van der Waals surface area contributed by atoms with Crippen molar-refractivity contribution < 1.29 is 22.5 Å². The largest absolute Gasteiger partial charge is 0.383 e. The highest BCUT2D eigenvalue weighted by atomic mass is 32.2. The van der Waals surface area contributed by atoms with E-state index in [0.717, 1.165) is 11.1 Å². The van der Waals surface area contributed by atoms with Crippen molar-refractivity contribution in [3.63, 3.8) is 0 Å². The number of benzene rings is 1. The van der Waals surface area contributed by atoms with E-state index in [4.69, 9.17) is 9.26 Å². The third-order valence-electron chi connectivity index (χ3n) is 5.30. The van der Waals surface area contributed by atoms with Crippen LogP contribution in [0, 0.1) is 19.8 Å². The Labute approximate surface area is 183 Å². The summed E-state index contributed by atoms with van der Waals surface area (Å²) >= 11 is 0. The highest BCUT2D eigenvalue weighted by Gasteiger charge is 2.36. The molecule has 1 aliphatic rings. The quantitative estimate of drug-likeness (QED) is 0.624. The number of ether oxygens (including phenoxy) is 1. The molecule has 0 bridgehead atoms. The van der Waals surface area contributed by atoms with Gasteiger partial charge in [0.25, 0.3) is 0 Å². The molecule has 1 aromatic carbocycles. The standard InChI is InChI=1S/C22H29N3O5S/c1-16-6-8-18(9-7-16)10-11-20-21(17(2)24-30-20)31(27,28)25-13-4-5-19(15-25)22(26)23-12-14-29-3/h6-11,19H,4-5,12-15H2,1-3H3,(H,23,26)/b11-10+/t19-/m1/s1. The van der Waals surface area contributed by atoms with E-state index in [1.807, 2.05) is 31.2 Å². The van der Waals surface area contributed by atoms with Crippen LogP contribution in [0.4, 0.5) is 0 Å². The number of aromatic nitrogens is 1. The summed E-state index contributed by atoms with van der Waals surface area (Å²) in [5, 5.41) is 6.68. The van der Waals surface area contributed by atoms with Crippen LogP contribution in [0.15, 0.2) is 33.7 Å². The van der Waals surface area contributed by atoms with Gasteiger partial charge in [0.15, 0.2) is 10.7 Å². The smallest absolute Gasteiger partial charge is 0.248 e. The first-order valence-electron chi connectivity index (χ1n) is 10.3. The van der Waals surface area contributed by atoms with Crippen molar-refractivity contribution >= 4 is 28.1 Å². The van der Waals surface area contributed by atoms with Crippen LogP contribution in [-0.2, 0) is 19.6 Å². The average molecular weight is 448 g/mol. The molecule has 0 spiro atoms. The summed E-state index contributed by atoms with van der Waals surface area (Å²) in [6.45, 7) is 4.91. The zero-order valence-corrected chi connectivity index (χ0v) is 18.9. The Bertz CT molecular complexity index is 1030. The van der Waals surface area contributed by atoms with Crippen molar-refractivity contribution in [1.82, 2.24) is 14.8 Å². The molecule has 1 fully saturated rings. The number of hydrogen-bond donors (Lipinski definition) is 1. The molecule has 8 nitrogen and oxygen atoms in total. The average Bonchev–Trinajstić information content (AvgIpc) is 3.14. The number of carbonyl (C=O) groups is 1. The molecule has 0 saturated carbocycles. The Balaban J connectivity index is 1.79. The Morgan fingerprint density at radius 1 is 1.29 bits per heavy atom. The van der Waals surface area contributed by atoms with Gasteiger partial charge < -0.3 is 14.6 Å². The number of methoxy groups -OCH3 is 1. The van der Waals surface area contributed by atoms with Crippen molar-refractivity contribution in [2.24, 2.45) is 5.92 Å².